The van der Waals surface area contributed by atoms with E-state index >= 15 is 0 Å². The molecule has 0 bridgehead atoms. The number of halogens is 7. The molecule has 4 nitrogen and oxygen atoms in total. The first-order chi connectivity index (χ1) is 12.6. The molecule has 0 spiro atoms. The van der Waals surface area contributed by atoms with Gasteiger partial charge < -0.3 is 5.32 Å². The van der Waals surface area contributed by atoms with Crippen LogP contribution in [-0.2, 0) is 12.4 Å². The lowest BCUT2D eigenvalue weighted by Gasteiger charge is -2.16. The molecule has 0 amide bonds. The lowest BCUT2D eigenvalue weighted by molar-refractivity contribution is -0.138. The predicted molar refractivity (Wildman–Crippen MR) is 81.0 cm³/mol. The summed E-state index contributed by atoms with van der Waals surface area (Å²) < 4.78 is 92.8. The van der Waals surface area contributed by atoms with Crippen molar-refractivity contribution < 1.29 is 30.7 Å². The Bertz CT molecular complexity index is 960. The fraction of sp³-hybridized carbons (Fsp3) is 0.125. The summed E-state index contributed by atoms with van der Waals surface area (Å²) in [5.74, 6) is -1.79. The number of hydrogen-bond donors (Lipinski definition) is 1. The smallest absolute Gasteiger partial charge is 0.322 e. The fourth-order valence-electron chi connectivity index (χ4n) is 2.31. The van der Waals surface area contributed by atoms with Crippen molar-refractivity contribution in [3.8, 4) is 5.82 Å². The van der Waals surface area contributed by atoms with Crippen LogP contribution < -0.4 is 5.32 Å². The zero-order valence-electron chi connectivity index (χ0n) is 13.1. The minimum Gasteiger partial charge on any atom is -0.322 e. The molecule has 142 valence electrons. The van der Waals surface area contributed by atoms with E-state index in [9.17, 15) is 30.7 Å². The minimum absolute atomic E-state index is 0.255. The first-order valence-corrected chi connectivity index (χ1v) is 7.27. The van der Waals surface area contributed by atoms with Crippen molar-refractivity contribution >= 4 is 11.6 Å². The summed E-state index contributed by atoms with van der Waals surface area (Å²) >= 11 is 0. The molecule has 27 heavy (non-hydrogen) atoms. The van der Waals surface area contributed by atoms with Gasteiger partial charge in [0.1, 0.15) is 11.6 Å². The van der Waals surface area contributed by atoms with Crippen LogP contribution in [0.4, 0.5) is 42.4 Å². The van der Waals surface area contributed by atoms with Crippen LogP contribution in [0.3, 0.4) is 0 Å². The van der Waals surface area contributed by atoms with Gasteiger partial charge in [-0.15, -0.1) is 0 Å². The topological polar surface area (TPSA) is 42.7 Å². The van der Waals surface area contributed by atoms with E-state index in [4.69, 9.17) is 0 Å². The van der Waals surface area contributed by atoms with Crippen LogP contribution in [0, 0.1) is 5.82 Å². The van der Waals surface area contributed by atoms with E-state index in [1.165, 1.54) is 6.20 Å². The number of pyridine rings is 1. The highest BCUT2D eigenvalue weighted by Crippen LogP contribution is 2.37. The van der Waals surface area contributed by atoms with Crippen molar-refractivity contribution in [2.75, 3.05) is 5.32 Å². The lowest BCUT2D eigenvalue weighted by Crippen LogP contribution is -2.12. The third-order valence-electron chi connectivity index (χ3n) is 3.52. The maximum absolute atomic E-state index is 14.0. The number of nitrogens with zero attached hydrogens (tertiary/aromatic N) is 3. The molecule has 2 heterocycles. The van der Waals surface area contributed by atoms with E-state index in [0.29, 0.717) is 12.1 Å². The number of para-hydroxylation sites is 1. The van der Waals surface area contributed by atoms with Gasteiger partial charge in [-0.3, -0.25) is 4.57 Å². The molecular weight excluding hydrogens is 381 g/mol. The monoisotopic (exact) mass is 390 g/mol. The van der Waals surface area contributed by atoms with Crippen molar-refractivity contribution in [2.24, 2.45) is 0 Å². The molecule has 0 atom stereocenters. The Morgan fingerprint density at radius 1 is 0.889 bits per heavy atom. The van der Waals surface area contributed by atoms with Crippen LogP contribution >= 0.6 is 0 Å². The molecule has 1 N–H and O–H groups in total. The molecule has 0 aliphatic carbocycles. The molecule has 2 aromatic heterocycles. The molecule has 11 heteroatoms. The van der Waals surface area contributed by atoms with Crippen molar-refractivity contribution in [2.45, 2.75) is 12.4 Å². The van der Waals surface area contributed by atoms with Gasteiger partial charge in [0.2, 0.25) is 5.95 Å². The van der Waals surface area contributed by atoms with E-state index < -0.39 is 35.0 Å². The van der Waals surface area contributed by atoms with Gasteiger partial charge in [0.15, 0.2) is 0 Å². The Morgan fingerprint density at radius 2 is 1.63 bits per heavy atom. The molecule has 0 radical (unpaired) electrons. The maximum Gasteiger partial charge on any atom is 0.418 e. The first kappa shape index (κ1) is 18.7. The van der Waals surface area contributed by atoms with Crippen LogP contribution in [-0.4, -0.2) is 14.5 Å². The Labute approximate surface area is 147 Å². The second-order valence-electron chi connectivity index (χ2n) is 5.31. The summed E-state index contributed by atoms with van der Waals surface area (Å²) in [6.07, 6.45) is -6.29. The fourth-order valence-corrected chi connectivity index (χ4v) is 2.31. The van der Waals surface area contributed by atoms with Crippen molar-refractivity contribution in [1.29, 1.82) is 0 Å². The molecular formula is C16H9F7N4. The maximum atomic E-state index is 14.0. The predicted octanol–water partition coefficient (Wildman–Crippen LogP) is 5.19. The van der Waals surface area contributed by atoms with E-state index in [1.54, 1.807) is 0 Å². The summed E-state index contributed by atoms with van der Waals surface area (Å²) in [7, 11) is 0. The summed E-state index contributed by atoms with van der Waals surface area (Å²) in [4.78, 5) is 7.50. The second kappa shape index (κ2) is 6.56. The van der Waals surface area contributed by atoms with Crippen LogP contribution in [0.15, 0.2) is 48.9 Å². The Hall–Kier alpha value is -3.11. The molecule has 0 aliphatic rings. The molecule has 0 saturated carbocycles. The van der Waals surface area contributed by atoms with E-state index in [0.717, 1.165) is 35.2 Å². The van der Waals surface area contributed by atoms with Gasteiger partial charge in [-0.2, -0.15) is 26.3 Å². The van der Waals surface area contributed by atoms with Crippen LogP contribution in [0.2, 0.25) is 0 Å². The molecule has 3 rings (SSSR count). The van der Waals surface area contributed by atoms with E-state index in [2.05, 4.69) is 15.3 Å². The van der Waals surface area contributed by atoms with Gasteiger partial charge in [-0.05, 0) is 24.3 Å². The van der Waals surface area contributed by atoms with Crippen molar-refractivity contribution in [3.05, 3.63) is 65.9 Å². The molecule has 1 aromatic carbocycles. The number of rotatable bonds is 3. The molecule has 0 unspecified atom stereocenters. The third kappa shape index (κ3) is 3.86. The van der Waals surface area contributed by atoms with Gasteiger partial charge in [-0.25, -0.2) is 14.4 Å². The standard InChI is InChI=1S/C16H9F7N4/c17-11-3-1-2-10(16(21,22)23)13(11)26-14-25-6-7-27(14)12-8-9(4-5-24-12)15(18,19)20/h1-8H,(H,25,26). The summed E-state index contributed by atoms with van der Waals surface area (Å²) in [6.45, 7) is 0. The van der Waals surface area contributed by atoms with Crippen molar-refractivity contribution in [3.63, 3.8) is 0 Å². The van der Waals surface area contributed by atoms with Gasteiger partial charge in [0.25, 0.3) is 0 Å². The van der Waals surface area contributed by atoms with Crippen LogP contribution in [0.1, 0.15) is 11.1 Å². The summed E-state index contributed by atoms with van der Waals surface area (Å²) in [6, 6.07) is 3.81. The summed E-state index contributed by atoms with van der Waals surface area (Å²) in [5, 5.41) is 2.19. The number of imidazole rings is 1. The average molecular weight is 390 g/mol. The first-order valence-electron chi connectivity index (χ1n) is 7.27. The molecule has 3 aromatic rings. The van der Waals surface area contributed by atoms with Gasteiger partial charge in [-0.1, -0.05) is 6.07 Å². The lowest BCUT2D eigenvalue weighted by atomic mass is 10.1. The number of aromatic nitrogens is 3. The number of hydrogen-bond acceptors (Lipinski definition) is 3. The summed E-state index contributed by atoms with van der Waals surface area (Å²) in [5.41, 5.74) is -3.19. The van der Waals surface area contributed by atoms with Gasteiger partial charge in [0.05, 0.1) is 16.8 Å². The number of benzene rings is 1. The Balaban J connectivity index is 2.04. The SMILES string of the molecule is Fc1cccc(C(F)(F)F)c1Nc1nccn1-c1cc(C(F)(F)F)ccn1. The van der Waals surface area contributed by atoms with Gasteiger partial charge >= 0.3 is 12.4 Å². The largest absolute Gasteiger partial charge is 0.418 e. The highest BCUT2D eigenvalue weighted by molar-refractivity contribution is 5.61. The minimum atomic E-state index is -4.85. The quantitative estimate of drug-likeness (QED) is 0.626. The number of anilines is 2. The molecule has 0 fully saturated rings. The Kier molecular flexibility index (Phi) is 4.54. The Morgan fingerprint density at radius 3 is 2.30 bits per heavy atom. The van der Waals surface area contributed by atoms with Crippen LogP contribution in [0.5, 0.6) is 0 Å². The van der Waals surface area contributed by atoms with Crippen molar-refractivity contribution in [1.82, 2.24) is 14.5 Å². The number of alkyl halides is 6. The molecule has 0 saturated heterocycles. The third-order valence-corrected chi connectivity index (χ3v) is 3.52. The zero-order chi connectivity index (χ0) is 19.8. The van der Waals surface area contributed by atoms with Crippen LogP contribution in [0.25, 0.3) is 5.82 Å². The number of nitrogens with one attached hydrogen (secondary N) is 1. The molecule has 0 aliphatic heterocycles. The highest BCUT2D eigenvalue weighted by atomic mass is 19.4. The zero-order valence-corrected chi connectivity index (χ0v) is 13.1. The van der Waals surface area contributed by atoms with Gasteiger partial charge in [0, 0.05) is 18.6 Å². The average Bonchev–Trinajstić information content (AvgIpc) is 3.03. The second-order valence-corrected chi connectivity index (χ2v) is 5.31. The highest BCUT2D eigenvalue weighted by Gasteiger charge is 2.35. The normalized spacial score (nSPS) is 12.3. The van der Waals surface area contributed by atoms with E-state index in [-0.39, 0.29) is 11.8 Å². The van der Waals surface area contributed by atoms with E-state index in [1.807, 2.05) is 0 Å².